The molecule has 0 aliphatic rings. The van der Waals surface area contributed by atoms with Crippen molar-refractivity contribution < 1.29 is 14.3 Å². The van der Waals surface area contributed by atoms with Crippen LogP contribution in [0.1, 0.15) is 5.56 Å². The summed E-state index contributed by atoms with van der Waals surface area (Å²) in [4.78, 5) is 24.4. The molecule has 0 fully saturated rings. The molecule has 0 aliphatic carbocycles. The highest BCUT2D eigenvalue weighted by Gasteiger charge is 2.16. The van der Waals surface area contributed by atoms with E-state index in [4.69, 9.17) is 4.74 Å². The molecule has 5 heteroatoms. The second-order valence-electron chi connectivity index (χ2n) is 5.69. The van der Waals surface area contributed by atoms with Gasteiger partial charge in [0.05, 0.1) is 5.69 Å². The number of hydrogen-bond donors (Lipinski definition) is 2. The van der Waals surface area contributed by atoms with Crippen LogP contribution in [0.5, 0.6) is 11.5 Å². The third kappa shape index (κ3) is 4.48. The summed E-state index contributed by atoms with van der Waals surface area (Å²) in [5.74, 6) is -0.422. The van der Waals surface area contributed by atoms with Gasteiger partial charge in [-0.3, -0.25) is 9.59 Å². The number of carbonyl (C=O) groups excluding carboxylic acids is 2. The van der Waals surface area contributed by atoms with Gasteiger partial charge in [0, 0.05) is 5.69 Å². The molecule has 0 aliphatic heterocycles. The molecule has 0 unspecified atom stereocenters. The molecule has 5 nitrogen and oxygen atoms in total. The molecule has 0 spiro atoms. The Hall–Kier alpha value is -3.60. The zero-order valence-corrected chi connectivity index (χ0v) is 14.2. The van der Waals surface area contributed by atoms with Gasteiger partial charge in [0.15, 0.2) is 5.75 Å². The van der Waals surface area contributed by atoms with Crippen LogP contribution in [0.2, 0.25) is 0 Å². The maximum Gasteiger partial charge on any atom is 0.314 e. The summed E-state index contributed by atoms with van der Waals surface area (Å²) in [5.41, 5.74) is 1.98. The van der Waals surface area contributed by atoms with E-state index in [1.807, 2.05) is 49.4 Å². The van der Waals surface area contributed by atoms with E-state index in [1.165, 1.54) is 0 Å². The van der Waals surface area contributed by atoms with Crippen molar-refractivity contribution >= 4 is 23.2 Å². The first-order valence-electron chi connectivity index (χ1n) is 8.13. The zero-order valence-electron chi connectivity index (χ0n) is 14.2. The number of rotatable bonds is 4. The first-order chi connectivity index (χ1) is 12.6. The minimum atomic E-state index is -0.768. The summed E-state index contributed by atoms with van der Waals surface area (Å²) in [6.45, 7) is 1.91. The van der Waals surface area contributed by atoms with Gasteiger partial charge in [-0.25, -0.2) is 0 Å². The van der Waals surface area contributed by atoms with Crippen LogP contribution >= 0.6 is 0 Å². The van der Waals surface area contributed by atoms with E-state index >= 15 is 0 Å². The van der Waals surface area contributed by atoms with Gasteiger partial charge in [-0.05, 0) is 48.9 Å². The molecule has 2 amide bonds. The summed E-state index contributed by atoms with van der Waals surface area (Å²) >= 11 is 0. The van der Waals surface area contributed by atoms with Crippen molar-refractivity contribution in [3.05, 3.63) is 84.4 Å². The highest BCUT2D eigenvalue weighted by Crippen LogP contribution is 2.29. The van der Waals surface area contributed by atoms with E-state index in [9.17, 15) is 9.59 Å². The van der Waals surface area contributed by atoms with Gasteiger partial charge in [-0.15, -0.1) is 0 Å². The molecule has 130 valence electrons. The lowest BCUT2D eigenvalue weighted by molar-refractivity contribution is -0.133. The van der Waals surface area contributed by atoms with Crippen molar-refractivity contribution in [2.24, 2.45) is 0 Å². The first kappa shape index (κ1) is 17.2. The number of anilines is 2. The van der Waals surface area contributed by atoms with Crippen molar-refractivity contribution in [2.75, 3.05) is 10.6 Å². The molecule has 0 atom stereocenters. The number of nitrogens with one attached hydrogen (secondary N) is 2. The summed E-state index contributed by atoms with van der Waals surface area (Å²) in [6.07, 6.45) is 0. The number of amides is 2. The van der Waals surface area contributed by atoms with Crippen LogP contribution in [-0.2, 0) is 9.59 Å². The quantitative estimate of drug-likeness (QED) is 0.690. The van der Waals surface area contributed by atoms with Crippen LogP contribution in [0, 0.1) is 6.92 Å². The van der Waals surface area contributed by atoms with Crippen LogP contribution in [0.15, 0.2) is 78.9 Å². The Balaban J connectivity index is 1.70. The second kappa shape index (κ2) is 7.98. The number of hydrogen-bond acceptors (Lipinski definition) is 3. The van der Waals surface area contributed by atoms with E-state index in [2.05, 4.69) is 10.6 Å². The van der Waals surface area contributed by atoms with Crippen molar-refractivity contribution in [3.8, 4) is 11.5 Å². The molecule has 2 N–H and O–H groups in total. The molecule has 0 bridgehead atoms. The van der Waals surface area contributed by atoms with Gasteiger partial charge in [0.2, 0.25) is 0 Å². The fourth-order valence-corrected chi connectivity index (χ4v) is 2.36. The fraction of sp³-hybridized carbons (Fsp3) is 0.0476. The van der Waals surface area contributed by atoms with Gasteiger partial charge >= 0.3 is 11.8 Å². The third-order valence-corrected chi connectivity index (χ3v) is 3.59. The van der Waals surface area contributed by atoms with E-state index in [-0.39, 0.29) is 0 Å². The Morgan fingerprint density at radius 2 is 1.46 bits per heavy atom. The predicted molar refractivity (Wildman–Crippen MR) is 101 cm³/mol. The minimum absolute atomic E-state index is 0.417. The normalized spacial score (nSPS) is 10.0. The second-order valence-corrected chi connectivity index (χ2v) is 5.69. The molecule has 3 rings (SSSR count). The molecule has 0 aromatic heterocycles. The number of benzene rings is 3. The Kier molecular flexibility index (Phi) is 5.29. The summed E-state index contributed by atoms with van der Waals surface area (Å²) in [5, 5.41) is 5.17. The van der Waals surface area contributed by atoms with Crippen molar-refractivity contribution in [1.82, 2.24) is 0 Å². The maximum atomic E-state index is 12.2. The summed E-state index contributed by atoms with van der Waals surface area (Å²) in [7, 11) is 0. The topological polar surface area (TPSA) is 67.4 Å². The highest BCUT2D eigenvalue weighted by molar-refractivity contribution is 6.43. The molecule has 0 saturated carbocycles. The van der Waals surface area contributed by atoms with E-state index in [0.29, 0.717) is 22.9 Å². The monoisotopic (exact) mass is 346 g/mol. The van der Waals surface area contributed by atoms with Crippen LogP contribution in [0.4, 0.5) is 11.4 Å². The van der Waals surface area contributed by atoms with Crippen LogP contribution < -0.4 is 15.4 Å². The molecular weight excluding hydrogens is 328 g/mol. The van der Waals surface area contributed by atoms with E-state index in [0.717, 1.165) is 5.56 Å². The van der Waals surface area contributed by atoms with E-state index in [1.54, 1.807) is 36.4 Å². The summed E-state index contributed by atoms with van der Waals surface area (Å²) < 4.78 is 5.78. The van der Waals surface area contributed by atoms with Gasteiger partial charge in [0.1, 0.15) is 5.75 Å². The molecular formula is C21H18N2O3. The van der Waals surface area contributed by atoms with Gasteiger partial charge < -0.3 is 15.4 Å². The summed E-state index contributed by atoms with van der Waals surface area (Å²) in [6, 6.07) is 23.4. The molecule has 3 aromatic carbocycles. The Labute approximate surface area is 151 Å². The molecule has 0 saturated heterocycles. The largest absolute Gasteiger partial charge is 0.455 e. The van der Waals surface area contributed by atoms with Crippen molar-refractivity contribution in [2.45, 2.75) is 6.92 Å². The number of para-hydroxylation sites is 3. The van der Waals surface area contributed by atoms with E-state index < -0.39 is 11.8 Å². The lowest BCUT2D eigenvalue weighted by atomic mass is 10.2. The lowest BCUT2D eigenvalue weighted by Gasteiger charge is -2.12. The molecule has 0 radical (unpaired) electrons. The third-order valence-electron chi connectivity index (χ3n) is 3.59. The Bertz CT molecular complexity index is 923. The highest BCUT2D eigenvalue weighted by atomic mass is 16.5. The van der Waals surface area contributed by atoms with Gasteiger partial charge in [-0.2, -0.15) is 0 Å². The Morgan fingerprint density at radius 1 is 0.769 bits per heavy atom. The van der Waals surface area contributed by atoms with Crippen molar-refractivity contribution in [1.29, 1.82) is 0 Å². The van der Waals surface area contributed by atoms with Crippen LogP contribution in [0.3, 0.4) is 0 Å². The van der Waals surface area contributed by atoms with Crippen LogP contribution in [0.25, 0.3) is 0 Å². The number of ether oxygens (including phenoxy) is 1. The maximum absolute atomic E-state index is 12.2. The first-order valence-corrected chi connectivity index (χ1v) is 8.13. The minimum Gasteiger partial charge on any atom is -0.455 e. The number of carbonyl (C=O) groups is 2. The van der Waals surface area contributed by atoms with Crippen LogP contribution in [-0.4, -0.2) is 11.8 Å². The average molecular weight is 346 g/mol. The molecule has 0 heterocycles. The number of aryl methyl sites for hydroxylation is 1. The SMILES string of the molecule is Cc1cccc(NC(=O)C(=O)Nc2ccccc2Oc2ccccc2)c1. The average Bonchev–Trinajstić information content (AvgIpc) is 2.64. The predicted octanol–water partition coefficient (Wildman–Crippen LogP) is 4.36. The zero-order chi connectivity index (χ0) is 18.4. The Morgan fingerprint density at radius 3 is 2.23 bits per heavy atom. The van der Waals surface area contributed by atoms with Gasteiger partial charge in [-0.1, -0.05) is 42.5 Å². The van der Waals surface area contributed by atoms with Crippen molar-refractivity contribution in [3.63, 3.8) is 0 Å². The molecule has 3 aromatic rings. The standard InChI is InChI=1S/C21H18N2O3/c1-15-8-7-9-16(14-15)22-20(24)21(25)23-18-12-5-6-13-19(18)26-17-10-3-2-4-11-17/h2-14H,1H3,(H,22,24)(H,23,25). The smallest absolute Gasteiger partial charge is 0.314 e. The van der Waals surface area contributed by atoms with Gasteiger partial charge in [0.25, 0.3) is 0 Å². The fourth-order valence-electron chi connectivity index (χ4n) is 2.36. The lowest BCUT2D eigenvalue weighted by Crippen LogP contribution is -2.29. The molecule has 26 heavy (non-hydrogen) atoms.